The van der Waals surface area contributed by atoms with Crippen molar-refractivity contribution in [3.05, 3.63) is 0 Å². The number of nitrogens with zero attached hydrogens (tertiary/aromatic N) is 2. The van der Waals surface area contributed by atoms with E-state index in [1.807, 2.05) is 6.92 Å². The van der Waals surface area contributed by atoms with Crippen molar-refractivity contribution in [2.24, 2.45) is 5.92 Å². The van der Waals surface area contributed by atoms with E-state index in [4.69, 9.17) is 0 Å². The number of nitrogens with one attached hydrogen (secondary N) is 1. The van der Waals surface area contributed by atoms with E-state index >= 15 is 0 Å². The van der Waals surface area contributed by atoms with Gasteiger partial charge in [-0.3, -0.25) is 9.69 Å². The van der Waals surface area contributed by atoms with Gasteiger partial charge in [-0.05, 0) is 39.2 Å². The molecule has 7 heteroatoms. The Balaban J connectivity index is 2.60. The maximum Gasteiger partial charge on any atom is 0.235 e. The van der Waals surface area contributed by atoms with Gasteiger partial charge in [0.05, 0.1) is 18.4 Å². The molecule has 1 amide bonds. The van der Waals surface area contributed by atoms with Crippen molar-refractivity contribution >= 4 is 15.7 Å². The maximum absolute atomic E-state index is 12.1. The van der Waals surface area contributed by atoms with Crippen molar-refractivity contribution in [1.82, 2.24) is 10.2 Å². The van der Waals surface area contributed by atoms with Crippen LogP contribution >= 0.6 is 0 Å². The number of amides is 1. The Hall–Kier alpha value is -1.13. The van der Waals surface area contributed by atoms with Crippen LogP contribution in [0.3, 0.4) is 0 Å². The highest BCUT2D eigenvalue weighted by Gasteiger charge is 2.43. The van der Waals surface area contributed by atoms with Crippen molar-refractivity contribution < 1.29 is 13.2 Å². The van der Waals surface area contributed by atoms with Crippen LogP contribution in [0.2, 0.25) is 0 Å². The van der Waals surface area contributed by atoms with E-state index in [9.17, 15) is 18.5 Å². The minimum absolute atomic E-state index is 0.0201. The first-order valence-electron chi connectivity index (χ1n) is 7.25. The Morgan fingerprint density at radius 2 is 2.10 bits per heavy atom. The zero-order valence-corrected chi connectivity index (χ0v) is 14.0. The topological polar surface area (TPSA) is 90.3 Å². The van der Waals surface area contributed by atoms with Crippen LogP contribution in [0.25, 0.3) is 0 Å². The standard InChI is InChI=1S/C14H25N3O3S/c1-5-17(11(2)9-21(4,19)20)8-13(18)16-14(3,10-15)12-6-7-12/h11-12H,5-9H2,1-4H3,(H,16,18). The fourth-order valence-electron chi connectivity index (χ4n) is 2.52. The van der Waals surface area contributed by atoms with E-state index in [2.05, 4.69) is 11.4 Å². The van der Waals surface area contributed by atoms with Crippen LogP contribution in [0, 0.1) is 17.2 Å². The van der Waals surface area contributed by atoms with E-state index in [1.165, 1.54) is 6.26 Å². The highest BCUT2D eigenvalue weighted by Crippen LogP contribution is 2.39. The predicted octanol–water partition coefficient (Wildman–Crippen LogP) is 0.550. The Morgan fingerprint density at radius 1 is 1.52 bits per heavy atom. The van der Waals surface area contributed by atoms with Crippen LogP contribution in [-0.2, 0) is 14.6 Å². The summed E-state index contributed by atoms with van der Waals surface area (Å²) < 4.78 is 22.7. The molecule has 0 saturated heterocycles. The van der Waals surface area contributed by atoms with Gasteiger partial charge in [-0.2, -0.15) is 5.26 Å². The van der Waals surface area contributed by atoms with Crippen molar-refractivity contribution in [2.75, 3.05) is 25.1 Å². The molecular weight excluding hydrogens is 290 g/mol. The Bertz CT molecular complexity index is 522. The second-order valence-electron chi connectivity index (χ2n) is 6.14. The first kappa shape index (κ1) is 17.9. The van der Waals surface area contributed by atoms with Gasteiger partial charge < -0.3 is 5.32 Å². The molecule has 0 bridgehead atoms. The SMILES string of the molecule is CCN(CC(=O)NC(C)(C#N)C1CC1)C(C)CS(C)(=O)=O. The minimum atomic E-state index is -3.08. The van der Waals surface area contributed by atoms with E-state index in [-0.39, 0.29) is 30.2 Å². The lowest BCUT2D eigenvalue weighted by molar-refractivity contribution is -0.124. The van der Waals surface area contributed by atoms with Gasteiger partial charge in [0.1, 0.15) is 15.4 Å². The molecule has 1 N–H and O–H groups in total. The smallest absolute Gasteiger partial charge is 0.235 e. The molecule has 1 aliphatic rings. The van der Waals surface area contributed by atoms with Gasteiger partial charge in [-0.25, -0.2) is 8.42 Å². The van der Waals surface area contributed by atoms with Crippen LogP contribution in [0.15, 0.2) is 0 Å². The summed E-state index contributed by atoms with van der Waals surface area (Å²) in [7, 11) is -3.08. The van der Waals surface area contributed by atoms with E-state index in [0.29, 0.717) is 6.54 Å². The van der Waals surface area contributed by atoms with E-state index in [1.54, 1.807) is 18.7 Å². The van der Waals surface area contributed by atoms with E-state index < -0.39 is 15.4 Å². The molecule has 0 aromatic carbocycles. The van der Waals surface area contributed by atoms with Crippen molar-refractivity contribution in [1.29, 1.82) is 5.26 Å². The third-order valence-electron chi connectivity index (χ3n) is 3.95. The quantitative estimate of drug-likeness (QED) is 0.706. The predicted molar refractivity (Wildman–Crippen MR) is 81.3 cm³/mol. The first-order valence-corrected chi connectivity index (χ1v) is 9.31. The molecule has 0 radical (unpaired) electrons. The average molecular weight is 315 g/mol. The molecule has 0 aromatic rings. The molecule has 2 atom stereocenters. The third-order valence-corrected chi connectivity index (χ3v) is 5.03. The first-order chi connectivity index (χ1) is 9.61. The summed E-state index contributed by atoms with van der Waals surface area (Å²) >= 11 is 0. The second kappa shape index (κ2) is 6.75. The molecule has 1 aliphatic carbocycles. The molecule has 6 nitrogen and oxygen atoms in total. The summed E-state index contributed by atoms with van der Waals surface area (Å²) in [5, 5.41) is 12.0. The number of likely N-dealkylation sites (N-methyl/N-ethyl adjacent to an activating group) is 1. The van der Waals surface area contributed by atoms with Crippen LogP contribution in [-0.4, -0.2) is 55.9 Å². The van der Waals surface area contributed by atoms with Crippen LogP contribution in [0.4, 0.5) is 0 Å². The Labute approximate surface area is 127 Å². The van der Waals surface area contributed by atoms with Gasteiger partial charge in [-0.1, -0.05) is 6.92 Å². The Kier molecular flexibility index (Phi) is 5.76. The summed E-state index contributed by atoms with van der Waals surface area (Å²) in [4.78, 5) is 13.9. The monoisotopic (exact) mass is 315 g/mol. The zero-order chi connectivity index (χ0) is 16.3. The van der Waals surface area contributed by atoms with Crippen LogP contribution in [0.5, 0.6) is 0 Å². The molecule has 2 unspecified atom stereocenters. The largest absolute Gasteiger partial charge is 0.337 e. The number of carbonyl (C=O) groups excluding carboxylic acids is 1. The highest BCUT2D eigenvalue weighted by atomic mass is 32.2. The molecular formula is C14H25N3O3S. The summed E-state index contributed by atoms with van der Waals surface area (Å²) in [6, 6.07) is 1.95. The molecule has 0 aromatic heterocycles. The second-order valence-corrected chi connectivity index (χ2v) is 8.33. The number of nitriles is 1. The van der Waals surface area contributed by atoms with Crippen molar-refractivity contribution in [2.45, 2.75) is 45.2 Å². The summed E-state index contributed by atoms with van der Waals surface area (Å²) in [6.07, 6.45) is 3.12. The lowest BCUT2D eigenvalue weighted by Gasteiger charge is -2.29. The molecule has 0 heterocycles. The molecule has 1 rings (SSSR count). The number of hydrogen-bond donors (Lipinski definition) is 1. The lowest BCUT2D eigenvalue weighted by atomic mass is 9.98. The Morgan fingerprint density at radius 3 is 2.48 bits per heavy atom. The number of sulfone groups is 1. The zero-order valence-electron chi connectivity index (χ0n) is 13.2. The van der Waals surface area contributed by atoms with E-state index in [0.717, 1.165) is 12.8 Å². The number of carbonyl (C=O) groups is 1. The van der Waals surface area contributed by atoms with Crippen molar-refractivity contribution in [3.63, 3.8) is 0 Å². The van der Waals surface area contributed by atoms with Gasteiger partial charge >= 0.3 is 0 Å². The molecule has 21 heavy (non-hydrogen) atoms. The van der Waals surface area contributed by atoms with Crippen LogP contribution < -0.4 is 5.32 Å². The van der Waals surface area contributed by atoms with Crippen LogP contribution in [0.1, 0.15) is 33.6 Å². The maximum atomic E-state index is 12.1. The molecule has 1 fully saturated rings. The molecule has 120 valence electrons. The fourth-order valence-corrected chi connectivity index (χ4v) is 3.61. The molecule has 0 aliphatic heterocycles. The lowest BCUT2D eigenvalue weighted by Crippen LogP contribution is -2.52. The van der Waals surface area contributed by atoms with Gasteiger partial charge in [0.15, 0.2) is 0 Å². The fraction of sp³-hybridized carbons (Fsp3) is 0.857. The van der Waals surface area contributed by atoms with Gasteiger partial charge in [0, 0.05) is 12.3 Å². The molecule has 1 saturated carbocycles. The number of rotatable bonds is 8. The van der Waals surface area contributed by atoms with Crippen molar-refractivity contribution in [3.8, 4) is 6.07 Å². The normalized spacial score (nSPS) is 19.6. The third kappa shape index (κ3) is 5.64. The van der Waals surface area contributed by atoms with Gasteiger partial charge in [0.25, 0.3) is 0 Å². The average Bonchev–Trinajstić information content (AvgIpc) is 3.17. The van der Waals surface area contributed by atoms with Gasteiger partial charge in [-0.15, -0.1) is 0 Å². The molecule has 0 spiro atoms. The van der Waals surface area contributed by atoms with Gasteiger partial charge in [0.2, 0.25) is 5.91 Å². The minimum Gasteiger partial charge on any atom is -0.337 e. The highest BCUT2D eigenvalue weighted by molar-refractivity contribution is 7.90. The summed E-state index contributed by atoms with van der Waals surface area (Å²) in [6.45, 7) is 6.12. The number of hydrogen-bond acceptors (Lipinski definition) is 5. The summed E-state index contributed by atoms with van der Waals surface area (Å²) in [5.74, 6) is 0.0230. The summed E-state index contributed by atoms with van der Waals surface area (Å²) in [5.41, 5.74) is -0.809.